The van der Waals surface area contributed by atoms with E-state index in [2.05, 4.69) is 51.4 Å². The molecule has 0 aromatic heterocycles. The van der Waals surface area contributed by atoms with Crippen molar-refractivity contribution in [2.24, 2.45) is 10.9 Å². The van der Waals surface area contributed by atoms with E-state index >= 15 is 0 Å². The number of hydrogen-bond acceptors (Lipinski definition) is 4. The molecule has 3 rings (SSSR count). The van der Waals surface area contributed by atoms with Crippen LogP contribution in [0.15, 0.2) is 29.3 Å². The lowest BCUT2D eigenvalue weighted by Gasteiger charge is -2.35. The molecule has 6 nitrogen and oxygen atoms in total. The van der Waals surface area contributed by atoms with Crippen molar-refractivity contribution in [3.8, 4) is 5.75 Å². The smallest absolute Gasteiger partial charge is 0.191 e. The van der Waals surface area contributed by atoms with Gasteiger partial charge in [0, 0.05) is 38.8 Å². The summed E-state index contributed by atoms with van der Waals surface area (Å²) >= 11 is 0. The lowest BCUT2D eigenvalue weighted by atomic mass is 9.98. The molecule has 2 aliphatic rings. The van der Waals surface area contributed by atoms with Crippen LogP contribution in [0.25, 0.3) is 0 Å². The molecule has 2 heterocycles. The van der Waals surface area contributed by atoms with Crippen LogP contribution in [-0.2, 0) is 0 Å². The van der Waals surface area contributed by atoms with Gasteiger partial charge in [0.05, 0.1) is 12.8 Å². The van der Waals surface area contributed by atoms with Crippen LogP contribution in [0.1, 0.15) is 33.1 Å². The normalized spacial score (nSPS) is 22.1. The number of hydrogen-bond donors (Lipinski definition) is 2. The van der Waals surface area contributed by atoms with Crippen molar-refractivity contribution in [1.82, 2.24) is 15.5 Å². The molecule has 2 N–H and O–H groups in total. The Hall–Kier alpha value is -1.22. The Balaban J connectivity index is 0.00000300. The van der Waals surface area contributed by atoms with Gasteiger partial charge >= 0.3 is 0 Å². The number of benzene rings is 1. The first-order chi connectivity index (χ1) is 13.6. The van der Waals surface area contributed by atoms with Crippen molar-refractivity contribution in [3.05, 3.63) is 24.3 Å². The van der Waals surface area contributed by atoms with Crippen LogP contribution in [0, 0.1) is 5.92 Å². The molecule has 0 saturated carbocycles. The van der Waals surface area contributed by atoms with Gasteiger partial charge in [-0.15, -0.1) is 24.0 Å². The lowest BCUT2D eigenvalue weighted by Crippen LogP contribution is -2.50. The van der Waals surface area contributed by atoms with E-state index in [1.165, 1.54) is 31.6 Å². The Morgan fingerprint density at radius 1 is 1.21 bits per heavy atom. The van der Waals surface area contributed by atoms with Crippen molar-refractivity contribution < 1.29 is 4.74 Å². The molecule has 0 amide bonds. The van der Waals surface area contributed by atoms with Gasteiger partial charge in [0.15, 0.2) is 5.96 Å². The second kappa shape index (κ2) is 11.8. The van der Waals surface area contributed by atoms with Gasteiger partial charge in [-0.25, -0.2) is 0 Å². The Morgan fingerprint density at radius 3 is 2.62 bits per heavy atom. The number of nitrogens with zero attached hydrogens (tertiary/aromatic N) is 3. The zero-order chi connectivity index (χ0) is 19.9. The Bertz CT molecular complexity index is 648. The van der Waals surface area contributed by atoms with Gasteiger partial charge in [-0.3, -0.25) is 9.89 Å². The third kappa shape index (κ3) is 6.64. The van der Waals surface area contributed by atoms with Crippen LogP contribution in [0.2, 0.25) is 0 Å². The first-order valence-corrected chi connectivity index (χ1v) is 10.7. The van der Waals surface area contributed by atoms with Crippen LogP contribution < -0.4 is 20.3 Å². The van der Waals surface area contributed by atoms with Crippen molar-refractivity contribution >= 4 is 35.6 Å². The average molecular weight is 515 g/mol. The number of ether oxygens (including phenoxy) is 1. The Morgan fingerprint density at radius 2 is 1.93 bits per heavy atom. The number of aliphatic imine (C=N–C) groups is 1. The number of piperidine rings is 1. The van der Waals surface area contributed by atoms with Crippen LogP contribution in [0.3, 0.4) is 0 Å². The molecule has 2 saturated heterocycles. The summed E-state index contributed by atoms with van der Waals surface area (Å²) in [5.74, 6) is 2.72. The van der Waals surface area contributed by atoms with Gasteiger partial charge in [-0.2, -0.15) is 0 Å². The van der Waals surface area contributed by atoms with E-state index in [-0.39, 0.29) is 24.0 Å². The second-order valence-corrected chi connectivity index (χ2v) is 8.27. The van der Waals surface area contributed by atoms with Gasteiger partial charge < -0.3 is 20.3 Å². The highest BCUT2D eigenvalue weighted by molar-refractivity contribution is 14.0. The van der Waals surface area contributed by atoms with Crippen molar-refractivity contribution in [2.45, 2.75) is 45.2 Å². The largest absolute Gasteiger partial charge is 0.495 e. The Kier molecular flexibility index (Phi) is 9.82. The summed E-state index contributed by atoms with van der Waals surface area (Å²) in [6.07, 6.45) is 3.73. The number of para-hydroxylation sites is 2. The zero-order valence-electron chi connectivity index (χ0n) is 18.4. The third-order valence-corrected chi connectivity index (χ3v) is 6.19. The summed E-state index contributed by atoms with van der Waals surface area (Å²) in [7, 11) is 3.59. The predicted molar refractivity (Wildman–Crippen MR) is 133 cm³/mol. The molecule has 2 aliphatic heterocycles. The SMILES string of the molecule is CN=C(NCC(C)N1CCC(C)CC1)NC1CCN(c2ccccc2OC)C1.I. The zero-order valence-corrected chi connectivity index (χ0v) is 20.7. The van der Waals surface area contributed by atoms with E-state index in [1.54, 1.807) is 7.11 Å². The van der Waals surface area contributed by atoms with Crippen molar-refractivity contribution in [2.75, 3.05) is 51.8 Å². The summed E-state index contributed by atoms with van der Waals surface area (Å²) < 4.78 is 5.52. The third-order valence-electron chi connectivity index (χ3n) is 6.19. The minimum Gasteiger partial charge on any atom is -0.495 e. The molecule has 1 aromatic carbocycles. The van der Waals surface area contributed by atoms with Crippen molar-refractivity contribution in [3.63, 3.8) is 0 Å². The number of likely N-dealkylation sites (tertiary alicyclic amines) is 1. The number of anilines is 1. The fourth-order valence-electron chi connectivity index (χ4n) is 4.22. The number of halogens is 1. The van der Waals surface area contributed by atoms with Gasteiger partial charge in [0.25, 0.3) is 0 Å². The van der Waals surface area contributed by atoms with E-state index in [0.717, 1.165) is 43.7 Å². The molecule has 2 unspecified atom stereocenters. The first-order valence-electron chi connectivity index (χ1n) is 10.7. The highest BCUT2D eigenvalue weighted by Crippen LogP contribution is 2.30. The van der Waals surface area contributed by atoms with E-state index in [4.69, 9.17) is 4.74 Å². The molecule has 164 valence electrons. The molecule has 1 aromatic rings. The molecule has 2 fully saturated rings. The summed E-state index contributed by atoms with van der Waals surface area (Å²) in [4.78, 5) is 9.43. The highest BCUT2D eigenvalue weighted by Gasteiger charge is 2.26. The molecular weight excluding hydrogens is 477 g/mol. The number of methoxy groups -OCH3 is 1. The molecule has 0 aliphatic carbocycles. The van der Waals surface area contributed by atoms with Crippen LogP contribution in [0.4, 0.5) is 5.69 Å². The van der Waals surface area contributed by atoms with E-state index < -0.39 is 0 Å². The molecule has 2 atom stereocenters. The van der Waals surface area contributed by atoms with Gasteiger partial charge in [-0.05, 0) is 57.3 Å². The molecule has 0 spiro atoms. The lowest BCUT2D eigenvalue weighted by molar-refractivity contribution is 0.147. The maximum absolute atomic E-state index is 5.52. The van der Waals surface area contributed by atoms with Gasteiger partial charge in [0.1, 0.15) is 5.75 Å². The Labute approximate surface area is 193 Å². The van der Waals surface area contributed by atoms with E-state index in [0.29, 0.717) is 12.1 Å². The van der Waals surface area contributed by atoms with E-state index in [9.17, 15) is 0 Å². The minimum absolute atomic E-state index is 0. The molecular formula is C22H38IN5O. The van der Waals surface area contributed by atoms with Gasteiger partial charge in [-0.1, -0.05) is 19.1 Å². The summed E-state index contributed by atoms with van der Waals surface area (Å²) in [6.45, 7) is 10.0. The van der Waals surface area contributed by atoms with Crippen LogP contribution in [0.5, 0.6) is 5.75 Å². The fraction of sp³-hybridized carbons (Fsp3) is 0.682. The molecule has 29 heavy (non-hydrogen) atoms. The van der Waals surface area contributed by atoms with Crippen molar-refractivity contribution in [1.29, 1.82) is 0 Å². The van der Waals surface area contributed by atoms with Crippen LogP contribution >= 0.6 is 24.0 Å². The maximum atomic E-state index is 5.52. The van der Waals surface area contributed by atoms with Crippen LogP contribution in [-0.4, -0.2) is 69.8 Å². The molecule has 0 bridgehead atoms. The number of rotatable bonds is 6. The molecule has 0 radical (unpaired) electrons. The monoisotopic (exact) mass is 515 g/mol. The molecule has 7 heteroatoms. The summed E-state index contributed by atoms with van der Waals surface area (Å²) in [5.41, 5.74) is 1.17. The predicted octanol–water partition coefficient (Wildman–Crippen LogP) is 3.18. The minimum atomic E-state index is 0. The fourth-order valence-corrected chi connectivity index (χ4v) is 4.22. The number of nitrogens with one attached hydrogen (secondary N) is 2. The highest BCUT2D eigenvalue weighted by atomic mass is 127. The summed E-state index contributed by atoms with van der Waals surface area (Å²) in [6, 6.07) is 9.17. The van der Waals surface area contributed by atoms with Gasteiger partial charge in [0.2, 0.25) is 0 Å². The average Bonchev–Trinajstić information content (AvgIpc) is 3.19. The summed E-state index contributed by atoms with van der Waals surface area (Å²) in [5, 5.41) is 7.14. The second-order valence-electron chi connectivity index (χ2n) is 8.27. The van der Waals surface area contributed by atoms with E-state index in [1.807, 2.05) is 19.2 Å². The topological polar surface area (TPSA) is 52.1 Å². The first kappa shape index (κ1) is 24.1. The standard InChI is InChI=1S/C22H37N5O.HI/c1-17-9-12-26(13-10-17)18(2)15-24-22(23-3)25-19-11-14-27(16-19)20-7-5-6-8-21(20)28-4;/h5-8,17-19H,9-16H2,1-4H3,(H2,23,24,25);1H. The number of guanidine groups is 1. The maximum Gasteiger partial charge on any atom is 0.191 e. The quantitative estimate of drug-likeness (QED) is 0.347.